The number of nitrogens with two attached hydrogens (primary N) is 1. The van der Waals surface area contributed by atoms with Crippen LogP contribution in [0.2, 0.25) is 0 Å². The molecule has 0 heterocycles. The zero-order valence-corrected chi connectivity index (χ0v) is 11.7. The van der Waals surface area contributed by atoms with Gasteiger partial charge in [0.1, 0.15) is 0 Å². The van der Waals surface area contributed by atoms with Gasteiger partial charge in [0.2, 0.25) is 0 Å². The normalized spacial score (nSPS) is 13.5. The molecule has 0 aliphatic carbocycles. The fourth-order valence-corrected chi connectivity index (χ4v) is 2.99. The molecule has 5 heteroatoms. The highest BCUT2D eigenvalue weighted by Gasteiger charge is 2.17. The summed E-state index contributed by atoms with van der Waals surface area (Å²) >= 11 is 0. The smallest absolute Gasteiger partial charge is 0.154 e. The van der Waals surface area contributed by atoms with Crippen LogP contribution >= 0.6 is 0 Å². The zero-order valence-electron chi connectivity index (χ0n) is 10.9. The predicted molar refractivity (Wildman–Crippen MR) is 73.3 cm³/mol. The molecule has 2 N–H and O–H groups in total. The minimum atomic E-state index is -3.16. The van der Waals surface area contributed by atoms with Crippen molar-refractivity contribution in [3.8, 4) is 0 Å². The van der Waals surface area contributed by atoms with E-state index >= 15 is 0 Å². The summed E-state index contributed by atoms with van der Waals surface area (Å²) in [6.45, 7) is 2.29. The summed E-state index contributed by atoms with van der Waals surface area (Å²) in [4.78, 5) is 0. The molecule has 0 fully saturated rings. The monoisotopic (exact) mass is 271 g/mol. The standard InChI is InChI=1S/C13H21NO3S/c1-3-11-4-6-12(7-5-11)13(14)10-18(15,16)9-8-17-2/h4-7,13H,3,8-10,14H2,1-2H3. The fraction of sp³-hybridized carbons (Fsp3) is 0.538. The molecule has 18 heavy (non-hydrogen) atoms. The average molecular weight is 271 g/mol. The molecule has 1 rings (SSSR count). The molecule has 0 aliphatic rings. The Balaban J connectivity index is 2.66. The first kappa shape index (κ1) is 15.1. The van der Waals surface area contributed by atoms with Gasteiger partial charge in [-0.2, -0.15) is 0 Å². The van der Waals surface area contributed by atoms with E-state index in [0.717, 1.165) is 12.0 Å². The average Bonchev–Trinajstić information content (AvgIpc) is 2.36. The second-order valence-electron chi connectivity index (χ2n) is 4.31. The number of methoxy groups -OCH3 is 1. The molecule has 0 aromatic heterocycles. The quantitative estimate of drug-likeness (QED) is 0.812. The number of rotatable bonds is 7. The Kier molecular flexibility index (Phi) is 5.78. The highest BCUT2D eigenvalue weighted by atomic mass is 32.2. The molecule has 1 aromatic rings. The minimum Gasteiger partial charge on any atom is -0.384 e. The Morgan fingerprint density at radius 1 is 1.28 bits per heavy atom. The van der Waals surface area contributed by atoms with Gasteiger partial charge in [-0.15, -0.1) is 0 Å². The summed E-state index contributed by atoms with van der Waals surface area (Å²) in [7, 11) is -1.67. The Morgan fingerprint density at radius 2 is 1.89 bits per heavy atom. The van der Waals surface area contributed by atoms with Crippen LogP contribution in [0.4, 0.5) is 0 Å². The van der Waals surface area contributed by atoms with E-state index in [1.165, 1.54) is 12.7 Å². The largest absolute Gasteiger partial charge is 0.384 e. The molecule has 0 saturated carbocycles. The molecule has 1 aromatic carbocycles. The molecule has 0 amide bonds. The first-order valence-corrected chi connectivity index (χ1v) is 7.84. The van der Waals surface area contributed by atoms with Gasteiger partial charge in [-0.05, 0) is 17.5 Å². The molecular weight excluding hydrogens is 250 g/mol. The van der Waals surface area contributed by atoms with Gasteiger partial charge >= 0.3 is 0 Å². The number of benzene rings is 1. The maximum Gasteiger partial charge on any atom is 0.154 e. The Hall–Kier alpha value is -0.910. The summed E-state index contributed by atoms with van der Waals surface area (Å²) in [5.41, 5.74) is 8.00. The van der Waals surface area contributed by atoms with Crippen LogP contribution < -0.4 is 5.73 Å². The molecule has 1 unspecified atom stereocenters. The van der Waals surface area contributed by atoms with E-state index in [-0.39, 0.29) is 18.1 Å². The first-order valence-electron chi connectivity index (χ1n) is 6.02. The maximum absolute atomic E-state index is 11.7. The summed E-state index contributed by atoms with van der Waals surface area (Å²) < 4.78 is 28.2. The van der Waals surface area contributed by atoms with E-state index in [1.54, 1.807) is 0 Å². The molecule has 0 bridgehead atoms. The molecule has 0 aliphatic heterocycles. The second kappa shape index (κ2) is 6.87. The van der Waals surface area contributed by atoms with Gasteiger partial charge in [0, 0.05) is 13.2 Å². The second-order valence-corrected chi connectivity index (χ2v) is 6.54. The van der Waals surface area contributed by atoms with Crippen LogP contribution in [0.3, 0.4) is 0 Å². The van der Waals surface area contributed by atoms with Gasteiger partial charge in [0.05, 0.1) is 18.1 Å². The molecule has 0 saturated heterocycles. The maximum atomic E-state index is 11.7. The van der Waals surface area contributed by atoms with Crippen LogP contribution in [0, 0.1) is 0 Å². The lowest BCUT2D eigenvalue weighted by molar-refractivity contribution is 0.217. The lowest BCUT2D eigenvalue weighted by Crippen LogP contribution is -2.25. The van der Waals surface area contributed by atoms with Gasteiger partial charge in [0.25, 0.3) is 0 Å². The zero-order chi connectivity index (χ0) is 13.6. The number of aryl methyl sites for hydroxylation is 1. The molecule has 4 nitrogen and oxygen atoms in total. The van der Waals surface area contributed by atoms with E-state index in [4.69, 9.17) is 10.5 Å². The topological polar surface area (TPSA) is 69.4 Å². The number of hydrogen-bond acceptors (Lipinski definition) is 4. The fourth-order valence-electron chi connectivity index (χ4n) is 1.66. The van der Waals surface area contributed by atoms with Crippen LogP contribution in [0.15, 0.2) is 24.3 Å². The SMILES string of the molecule is CCc1ccc(C(N)CS(=O)(=O)CCOC)cc1. The molecule has 102 valence electrons. The van der Waals surface area contributed by atoms with Gasteiger partial charge in [-0.3, -0.25) is 0 Å². The van der Waals surface area contributed by atoms with Gasteiger partial charge < -0.3 is 10.5 Å². The van der Waals surface area contributed by atoms with Crippen LogP contribution in [0.5, 0.6) is 0 Å². The van der Waals surface area contributed by atoms with E-state index in [1.807, 2.05) is 24.3 Å². The van der Waals surface area contributed by atoms with E-state index in [9.17, 15) is 8.42 Å². The van der Waals surface area contributed by atoms with Gasteiger partial charge in [0.15, 0.2) is 9.84 Å². The lowest BCUT2D eigenvalue weighted by Gasteiger charge is -2.13. The molecular formula is C13H21NO3S. The van der Waals surface area contributed by atoms with E-state index in [0.29, 0.717) is 0 Å². The van der Waals surface area contributed by atoms with Crippen molar-refractivity contribution in [2.24, 2.45) is 5.73 Å². The van der Waals surface area contributed by atoms with Crippen molar-refractivity contribution < 1.29 is 13.2 Å². The van der Waals surface area contributed by atoms with Crippen molar-refractivity contribution in [3.63, 3.8) is 0 Å². The summed E-state index contributed by atoms with van der Waals surface area (Å²) in [6, 6.07) is 7.29. The van der Waals surface area contributed by atoms with E-state index < -0.39 is 15.9 Å². The van der Waals surface area contributed by atoms with Crippen molar-refractivity contribution in [2.75, 3.05) is 25.2 Å². The highest BCUT2D eigenvalue weighted by molar-refractivity contribution is 7.91. The van der Waals surface area contributed by atoms with Crippen LogP contribution in [0.1, 0.15) is 24.1 Å². The number of hydrogen-bond donors (Lipinski definition) is 1. The van der Waals surface area contributed by atoms with Crippen molar-refractivity contribution >= 4 is 9.84 Å². The van der Waals surface area contributed by atoms with Crippen LogP contribution in [-0.4, -0.2) is 33.6 Å². The summed E-state index contributed by atoms with van der Waals surface area (Å²) in [5, 5.41) is 0. The Morgan fingerprint density at radius 3 is 2.39 bits per heavy atom. The van der Waals surface area contributed by atoms with Crippen molar-refractivity contribution in [2.45, 2.75) is 19.4 Å². The first-order chi connectivity index (χ1) is 8.48. The third-order valence-corrected chi connectivity index (χ3v) is 4.50. The van der Waals surface area contributed by atoms with E-state index in [2.05, 4.69) is 6.92 Å². The van der Waals surface area contributed by atoms with Crippen molar-refractivity contribution in [1.82, 2.24) is 0 Å². The Labute approximate surface area is 109 Å². The van der Waals surface area contributed by atoms with Gasteiger partial charge in [-0.1, -0.05) is 31.2 Å². The number of ether oxygens (including phenoxy) is 1. The third kappa shape index (κ3) is 4.76. The lowest BCUT2D eigenvalue weighted by atomic mass is 10.1. The predicted octanol–water partition coefficient (Wildman–Crippen LogP) is 1.31. The van der Waals surface area contributed by atoms with Gasteiger partial charge in [-0.25, -0.2) is 8.42 Å². The molecule has 0 spiro atoms. The minimum absolute atomic E-state index is 0.0181. The Bertz CT molecular complexity index is 454. The molecule has 1 atom stereocenters. The highest BCUT2D eigenvalue weighted by Crippen LogP contribution is 2.14. The van der Waals surface area contributed by atoms with Crippen LogP contribution in [-0.2, 0) is 21.0 Å². The summed E-state index contributed by atoms with van der Waals surface area (Å²) in [6.07, 6.45) is 0.960. The summed E-state index contributed by atoms with van der Waals surface area (Å²) in [5.74, 6) is -0.0218. The third-order valence-electron chi connectivity index (χ3n) is 2.85. The van der Waals surface area contributed by atoms with Crippen molar-refractivity contribution in [1.29, 1.82) is 0 Å². The molecule has 0 radical (unpaired) electrons. The number of sulfone groups is 1. The van der Waals surface area contributed by atoms with Crippen molar-refractivity contribution in [3.05, 3.63) is 35.4 Å². The van der Waals surface area contributed by atoms with Crippen LogP contribution in [0.25, 0.3) is 0 Å².